The highest BCUT2D eigenvalue weighted by Gasteiger charge is 2.27. The lowest BCUT2D eigenvalue weighted by Gasteiger charge is -2.35. The van der Waals surface area contributed by atoms with E-state index >= 15 is 0 Å². The second kappa shape index (κ2) is 11.8. The molecule has 0 bridgehead atoms. The summed E-state index contributed by atoms with van der Waals surface area (Å²) in [6, 6.07) is 4.84. The zero-order chi connectivity index (χ0) is 23.2. The predicted octanol–water partition coefficient (Wildman–Crippen LogP) is 5.44. The lowest BCUT2D eigenvalue weighted by molar-refractivity contribution is -0.125. The van der Waals surface area contributed by atoms with Gasteiger partial charge in [-0.25, -0.2) is 4.98 Å². The topological polar surface area (TPSA) is 57.7 Å². The fourth-order valence-corrected chi connectivity index (χ4v) is 6.58. The average Bonchev–Trinajstić information content (AvgIpc) is 3.25. The van der Waals surface area contributed by atoms with Crippen LogP contribution in [0, 0.1) is 5.92 Å². The Balaban J connectivity index is 1.22. The van der Waals surface area contributed by atoms with Crippen LogP contribution < -0.4 is 15.0 Å². The number of halogens is 1. The van der Waals surface area contributed by atoms with Gasteiger partial charge in [-0.3, -0.25) is 4.79 Å². The van der Waals surface area contributed by atoms with Crippen molar-refractivity contribution in [1.29, 1.82) is 0 Å². The number of ether oxygens (including phenoxy) is 1. The van der Waals surface area contributed by atoms with Gasteiger partial charge in [0.1, 0.15) is 5.75 Å². The van der Waals surface area contributed by atoms with Crippen LogP contribution in [0.15, 0.2) is 16.6 Å². The van der Waals surface area contributed by atoms with Crippen LogP contribution in [-0.2, 0) is 4.79 Å². The zero-order valence-corrected chi connectivity index (χ0v) is 22.3. The van der Waals surface area contributed by atoms with E-state index in [0.717, 1.165) is 77.1 Å². The molecule has 0 radical (unpaired) electrons. The molecule has 2 saturated heterocycles. The first-order valence-corrected chi connectivity index (χ1v) is 14.2. The number of carbonyl (C=O) groups excluding carboxylic acids is 1. The summed E-state index contributed by atoms with van der Waals surface area (Å²) in [4.78, 5) is 22.5. The van der Waals surface area contributed by atoms with Crippen molar-refractivity contribution in [2.24, 2.45) is 5.92 Å². The van der Waals surface area contributed by atoms with Gasteiger partial charge in [-0.1, -0.05) is 24.7 Å². The number of aromatic nitrogens is 1. The van der Waals surface area contributed by atoms with Gasteiger partial charge in [0.25, 0.3) is 0 Å². The van der Waals surface area contributed by atoms with Crippen molar-refractivity contribution in [1.82, 2.24) is 15.2 Å². The zero-order valence-electron chi connectivity index (χ0n) is 19.9. The summed E-state index contributed by atoms with van der Waals surface area (Å²) in [7, 11) is 0. The molecule has 2 aromatic rings. The Kier molecular flexibility index (Phi) is 8.88. The number of nitrogens with one attached hydrogen (secondary N) is 1. The molecule has 2 fully saturated rings. The van der Waals surface area contributed by atoms with Crippen molar-refractivity contribution >= 4 is 48.5 Å². The van der Waals surface area contributed by atoms with Crippen LogP contribution in [0.4, 0.5) is 5.13 Å². The first-order valence-electron chi connectivity index (χ1n) is 12.6. The number of likely N-dealkylation sites (tertiary alicyclic amines) is 1. The number of nitrogens with zero attached hydrogens (tertiary/aromatic N) is 3. The Hall–Kier alpha value is -1.38. The molecular formula is C25H37BrN4O2S. The number of benzene rings is 1. The van der Waals surface area contributed by atoms with Gasteiger partial charge in [-0.15, -0.1) is 0 Å². The summed E-state index contributed by atoms with van der Waals surface area (Å²) in [5.74, 6) is 1.21. The smallest absolute Gasteiger partial charge is 0.223 e. The summed E-state index contributed by atoms with van der Waals surface area (Å²) in [5, 5.41) is 4.25. The number of fused-ring (bicyclic) bond motifs is 1. The van der Waals surface area contributed by atoms with Crippen LogP contribution in [0.3, 0.4) is 0 Å². The quantitative estimate of drug-likeness (QED) is 0.432. The molecule has 3 heterocycles. The number of rotatable bonds is 9. The van der Waals surface area contributed by atoms with Crippen LogP contribution >= 0.6 is 27.3 Å². The molecule has 2 aliphatic heterocycles. The van der Waals surface area contributed by atoms with Crippen molar-refractivity contribution < 1.29 is 9.53 Å². The molecule has 33 heavy (non-hydrogen) atoms. The third-order valence-electron chi connectivity index (χ3n) is 7.01. The summed E-state index contributed by atoms with van der Waals surface area (Å²) >= 11 is 5.28. The van der Waals surface area contributed by atoms with E-state index in [2.05, 4.69) is 44.0 Å². The third kappa shape index (κ3) is 6.20. The minimum absolute atomic E-state index is 0.118. The maximum Gasteiger partial charge on any atom is 0.223 e. The fraction of sp³-hybridized carbons (Fsp3) is 0.680. The van der Waals surface area contributed by atoms with Gasteiger partial charge in [0.2, 0.25) is 5.91 Å². The third-order valence-corrected chi connectivity index (χ3v) is 8.71. The first-order chi connectivity index (χ1) is 16.1. The van der Waals surface area contributed by atoms with E-state index in [1.165, 1.54) is 32.2 Å². The molecule has 1 amide bonds. The highest BCUT2D eigenvalue weighted by molar-refractivity contribution is 9.10. The van der Waals surface area contributed by atoms with Gasteiger partial charge in [0, 0.05) is 44.2 Å². The number of piperidine rings is 2. The standard InChI is InChI=1S/C25H37BrN4O2S/c1-3-19-8-5-6-12-29(19)13-7-11-27-24(31)18-9-14-30(15-10-18)25-28-21-16-20(26)22(32-4-2)17-23(21)33-25/h16-19H,3-15H2,1-2H3,(H,27,31)/t19-/m0/s1. The Morgan fingerprint density at radius 1 is 1.21 bits per heavy atom. The van der Waals surface area contributed by atoms with Crippen molar-refractivity contribution in [3.05, 3.63) is 16.6 Å². The molecule has 1 atom stereocenters. The van der Waals surface area contributed by atoms with Crippen molar-refractivity contribution in [3.63, 3.8) is 0 Å². The first kappa shape index (κ1) is 24.7. The molecule has 1 aromatic carbocycles. The van der Waals surface area contributed by atoms with Crippen LogP contribution in [-0.4, -0.2) is 61.2 Å². The number of amides is 1. The summed E-state index contributed by atoms with van der Waals surface area (Å²) in [5.41, 5.74) is 0.990. The summed E-state index contributed by atoms with van der Waals surface area (Å²) < 4.78 is 7.77. The monoisotopic (exact) mass is 536 g/mol. The molecule has 0 saturated carbocycles. The number of carbonyl (C=O) groups is 1. The molecule has 2 aliphatic rings. The van der Waals surface area contributed by atoms with Crippen molar-refractivity contribution in [2.45, 2.75) is 64.8 Å². The lowest BCUT2D eigenvalue weighted by Crippen LogP contribution is -2.42. The SMILES string of the molecule is CCOc1cc2sc(N3CCC(C(=O)NCCCN4CCCC[C@@H]4CC)CC3)nc2cc1Br. The number of thiazole rings is 1. The van der Waals surface area contributed by atoms with Crippen LogP contribution in [0.2, 0.25) is 0 Å². The minimum Gasteiger partial charge on any atom is -0.493 e. The average molecular weight is 538 g/mol. The van der Waals surface area contributed by atoms with Crippen molar-refractivity contribution in [2.75, 3.05) is 44.2 Å². The van der Waals surface area contributed by atoms with Gasteiger partial charge in [-0.2, -0.15) is 0 Å². The maximum absolute atomic E-state index is 12.7. The summed E-state index contributed by atoms with van der Waals surface area (Å²) in [6.07, 6.45) is 8.09. The molecule has 0 aliphatic carbocycles. The molecular weight excluding hydrogens is 500 g/mol. The van der Waals surface area contributed by atoms with E-state index in [1.807, 2.05) is 13.0 Å². The molecule has 6 nitrogen and oxygen atoms in total. The molecule has 0 unspecified atom stereocenters. The van der Waals surface area contributed by atoms with E-state index in [9.17, 15) is 4.79 Å². The van der Waals surface area contributed by atoms with Crippen LogP contribution in [0.1, 0.15) is 58.8 Å². The van der Waals surface area contributed by atoms with Crippen LogP contribution in [0.25, 0.3) is 10.2 Å². The van der Waals surface area contributed by atoms with E-state index < -0.39 is 0 Å². The highest BCUT2D eigenvalue weighted by Crippen LogP contribution is 2.37. The van der Waals surface area contributed by atoms with Gasteiger partial charge in [0.15, 0.2) is 5.13 Å². The van der Waals surface area contributed by atoms with Gasteiger partial charge >= 0.3 is 0 Å². The lowest BCUT2D eigenvalue weighted by atomic mass is 9.96. The highest BCUT2D eigenvalue weighted by atomic mass is 79.9. The molecule has 0 spiro atoms. The number of hydrogen-bond donors (Lipinski definition) is 1. The molecule has 8 heteroatoms. The van der Waals surface area contributed by atoms with Crippen molar-refractivity contribution in [3.8, 4) is 5.75 Å². The molecule has 182 valence electrons. The van der Waals surface area contributed by atoms with Gasteiger partial charge in [-0.05, 0) is 74.0 Å². The molecule has 1 aromatic heterocycles. The van der Waals surface area contributed by atoms with Gasteiger partial charge in [0.05, 0.1) is 21.3 Å². The Labute approximate surface area is 210 Å². The fourth-order valence-electron chi connectivity index (χ4n) is 5.11. The Bertz CT molecular complexity index is 929. The summed E-state index contributed by atoms with van der Waals surface area (Å²) in [6.45, 7) is 9.81. The van der Waals surface area contributed by atoms with E-state index in [0.29, 0.717) is 6.61 Å². The van der Waals surface area contributed by atoms with Gasteiger partial charge < -0.3 is 19.9 Å². The molecule has 1 N–H and O–H groups in total. The minimum atomic E-state index is 0.118. The second-order valence-corrected chi connectivity index (χ2v) is 11.0. The number of anilines is 1. The van der Waals surface area contributed by atoms with E-state index in [-0.39, 0.29) is 11.8 Å². The predicted molar refractivity (Wildman–Crippen MR) is 141 cm³/mol. The normalized spacial score (nSPS) is 20.3. The largest absolute Gasteiger partial charge is 0.493 e. The Morgan fingerprint density at radius 2 is 2.03 bits per heavy atom. The van der Waals surface area contributed by atoms with Crippen LogP contribution in [0.5, 0.6) is 5.75 Å². The second-order valence-electron chi connectivity index (χ2n) is 9.18. The number of hydrogen-bond acceptors (Lipinski definition) is 6. The van der Waals surface area contributed by atoms with E-state index in [4.69, 9.17) is 9.72 Å². The molecule has 4 rings (SSSR count). The van der Waals surface area contributed by atoms with E-state index in [1.54, 1.807) is 11.3 Å². The Morgan fingerprint density at radius 3 is 2.79 bits per heavy atom. The maximum atomic E-state index is 12.7.